The lowest BCUT2D eigenvalue weighted by Gasteiger charge is -2.19. The zero-order chi connectivity index (χ0) is 25.5. The van der Waals surface area contributed by atoms with E-state index in [4.69, 9.17) is 11.6 Å². The van der Waals surface area contributed by atoms with Crippen LogP contribution in [0, 0.1) is 6.92 Å². The fourth-order valence-corrected chi connectivity index (χ4v) is 7.55. The van der Waals surface area contributed by atoms with Gasteiger partial charge in [0.25, 0.3) is 0 Å². The summed E-state index contributed by atoms with van der Waals surface area (Å²) in [5.41, 5.74) is 3.46. The SMILES string of the molecule is CCCCCCCCCC[C@@]1([S@](=O)c2ccc(C)cc2)[C@@H](c2ccc(Cl)cc2)N1c1ccc(Br)cc1. The lowest BCUT2D eigenvalue weighted by Crippen LogP contribution is -2.25. The summed E-state index contributed by atoms with van der Waals surface area (Å²) in [6.07, 6.45) is 11.0. The molecule has 0 bridgehead atoms. The van der Waals surface area contributed by atoms with Crippen molar-refractivity contribution < 1.29 is 4.21 Å². The number of nitrogens with zero attached hydrogens (tertiary/aromatic N) is 1. The third-order valence-corrected chi connectivity index (χ3v) is 10.0. The van der Waals surface area contributed by atoms with Gasteiger partial charge in [-0.2, -0.15) is 0 Å². The van der Waals surface area contributed by atoms with E-state index in [0.29, 0.717) is 0 Å². The maximum Gasteiger partial charge on any atom is 0.146 e. The van der Waals surface area contributed by atoms with Gasteiger partial charge in [0.2, 0.25) is 0 Å². The van der Waals surface area contributed by atoms with E-state index < -0.39 is 15.7 Å². The molecule has 4 rings (SSSR count). The molecule has 1 saturated heterocycles. The second kappa shape index (κ2) is 12.8. The van der Waals surface area contributed by atoms with Crippen LogP contribution in [0.15, 0.2) is 82.2 Å². The van der Waals surface area contributed by atoms with Crippen LogP contribution >= 0.6 is 27.5 Å². The highest BCUT2D eigenvalue weighted by Crippen LogP contribution is 2.61. The minimum Gasteiger partial charge on any atom is -0.342 e. The van der Waals surface area contributed by atoms with Crippen molar-refractivity contribution in [1.29, 1.82) is 0 Å². The van der Waals surface area contributed by atoms with Gasteiger partial charge in [-0.05, 0) is 67.4 Å². The highest BCUT2D eigenvalue weighted by Gasteiger charge is 2.67. The summed E-state index contributed by atoms with van der Waals surface area (Å²) < 4.78 is 15.5. The quantitative estimate of drug-likeness (QED) is 0.147. The summed E-state index contributed by atoms with van der Waals surface area (Å²) in [5.74, 6) is 0. The molecule has 0 spiro atoms. The highest BCUT2D eigenvalue weighted by atomic mass is 79.9. The molecule has 36 heavy (non-hydrogen) atoms. The molecule has 0 N–H and O–H groups in total. The lowest BCUT2D eigenvalue weighted by molar-refractivity contribution is 0.551. The van der Waals surface area contributed by atoms with E-state index in [1.165, 1.54) is 56.1 Å². The van der Waals surface area contributed by atoms with Crippen LogP contribution < -0.4 is 4.90 Å². The summed E-state index contributed by atoms with van der Waals surface area (Å²) in [6, 6.07) is 24.8. The van der Waals surface area contributed by atoms with Crippen LogP contribution in [-0.2, 0) is 10.8 Å². The van der Waals surface area contributed by atoms with Crippen LogP contribution in [0.25, 0.3) is 0 Å². The average molecular weight is 587 g/mol. The standard InChI is InChI=1S/C31H37BrClNOS/c1-3-4-5-6-7-8-9-10-23-31(36(35)29-21-11-24(2)12-22-29)30(25-13-17-27(33)18-14-25)34(31)28-19-15-26(32)16-20-28/h11-22,30H,3-10,23H2,1-2H3/t30-,31-,34?,36-/m1/s1. The molecule has 0 aliphatic carbocycles. The number of rotatable bonds is 13. The van der Waals surface area contributed by atoms with Crippen molar-refractivity contribution in [2.75, 3.05) is 4.90 Å². The number of hydrogen-bond donors (Lipinski definition) is 0. The molecule has 5 heteroatoms. The van der Waals surface area contributed by atoms with E-state index in [9.17, 15) is 4.21 Å². The van der Waals surface area contributed by atoms with Crippen molar-refractivity contribution in [3.63, 3.8) is 0 Å². The molecule has 2 nitrogen and oxygen atoms in total. The third kappa shape index (κ3) is 6.26. The number of benzene rings is 3. The van der Waals surface area contributed by atoms with Gasteiger partial charge >= 0.3 is 0 Å². The number of halogens is 2. The lowest BCUT2D eigenvalue weighted by atomic mass is 10.0. The van der Waals surface area contributed by atoms with Crippen LogP contribution in [0.4, 0.5) is 5.69 Å². The first-order valence-electron chi connectivity index (χ1n) is 13.3. The fraction of sp³-hybridized carbons (Fsp3) is 0.419. The van der Waals surface area contributed by atoms with E-state index in [2.05, 4.69) is 83.2 Å². The summed E-state index contributed by atoms with van der Waals surface area (Å²) >= 11 is 9.81. The molecule has 3 aromatic rings. The number of hydrogen-bond acceptors (Lipinski definition) is 2. The van der Waals surface area contributed by atoms with E-state index in [1.807, 2.05) is 24.3 Å². The smallest absolute Gasteiger partial charge is 0.146 e. The van der Waals surface area contributed by atoms with Crippen LogP contribution in [0.2, 0.25) is 5.02 Å². The van der Waals surface area contributed by atoms with Gasteiger partial charge in [-0.15, -0.1) is 0 Å². The van der Waals surface area contributed by atoms with Crippen molar-refractivity contribution in [3.05, 3.63) is 93.4 Å². The monoisotopic (exact) mass is 585 g/mol. The first kappa shape index (κ1) is 27.4. The Kier molecular flexibility index (Phi) is 9.71. The van der Waals surface area contributed by atoms with Gasteiger partial charge in [0.05, 0.1) is 16.8 Å². The van der Waals surface area contributed by atoms with Crippen molar-refractivity contribution in [1.82, 2.24) is 0 Å². The Morgan fingerprint density at radius 3 is 2.03 bits per heavy atom. The summed E-state index contributed by atoms with van der Waals surface area (Å²) in [7, 11) is -1.19. The Bertz CT molecular complexity index is 1080. The molecule has 3 atom stereocenters. The van der Waals surface area contributed by atoms with Crippen molar-refractivity contribution in [3.8, 4) is 0 Å². The molecule has 0 aromatic heterocycles. The van der Waals surface area contributed by atoms with Crippen molar-refractivity contribution in [2.24, 2.45) is 0 Å². The Balaban J connectivity index is 1.63. The average Bonchev–Trinajstić information content (AvgIpc) is 3.56. The largest absolute Gasteiger partial charge is 0.342 e. The van der Waals surface area contributed by atoms with Gasteiger partial charge < -0.3 is 4.90 Å². The molecule has 0 amide bonds. The van der Waals surface area contributed by atoms with Crippen LogP contribution in [0.5, 0.6) is 0 Å². The molecular weight excluding hydrogens is 550 g/mol. The van der Waals surface area contributed by atoms with Crippen LogP contribution in [0.1, 0.15) is 81.9 Å². The maximum absolute atomic E-state index is 14.4. The molecule has 1 heterocycles. The van der Waals surface area contributed by atoms with E-state index in [0.717, 1.165) is 32.9 Å². The topological polar surface area (TPSA) is 20.1 Å². The molecule has 0 saturated carbocycles. The Hall–Kier alpha value is -1.62. The normalized spacial score (nSPS) is 19.9. The number of anilines is 1. The van der Waals surface area contributed by atoms with Gasteiger partial charge in [0, 0.05) is 20.1 Å². The zero-order valence-corrected chi connectivity index (χ0v) is 24.5. The molecule has 0 unspecified atom stereocenters. The fourth-order valence-electron chi connectivity index (χ4n) is 5.26. The maximum atomic E-state index is 14.4. The van der Waals surface area contributed by atoms with Gasteiger partial charge in [-0.25, -0.2) is 0 Å². The minimum atomic E-state index is -1.19. The predicted octanol–water partition coefficient (Wildman–Crippen LogP) is 10.0. The van der Waals surface area contributed by atoms with E-state index >= 15 is 0 Å². The second-order valence-corrected chi connectivity index (χ2v) is 13.0. The van der Waals surface area contributed by atoms with E-state index in [-0.39, 0.29) is 6.04 Å². The van der Waals surface area contributed by atoms with Crippen LogP contribution in [-0.4, -0.2) is 9.08 Å². The summed E-state index contributed by atoms with van der Waals surface area (Å²) in [5, 5.41) is 0.725. The molecule has 1 aliphatic rings. The third-order valence-electron chi connectivity index (χ3n) is 7.26. The van der Waals surface area contributed by atoms with Gasteiger partial charge in [-0.1, -0.05) is 116 Å². The molecule has 192 valence electrons. The Labute approximate surface area is 233 Å². The Morgan fingerprint density at radius 2 is 1.42 bits per heavy atom. The van der Waals surface area contributed by atoms with E-state index in [1.54, 1.807) is 0 Å². The predicted molar refractivity (Wildman–Crippen MR) is 158 cm³/mol. The zero-order valence-electron chi connectivity index (χ0n) is 21.4. The molecular formula is C31H37BrClNOS. The molecule has 3 aromatic carbocycles. The number of unbranched alkanes of at least 4 members (excludes halogenated alkanes) is 7. The molecule has 1 fully saturated rings. The van der Waals surface area contributed by atoms with Crippen LogP contribution in [0.3, 0.4) is 0 Å². The highest BCUT2D eigenvalue weighted by molar-refractivity contribution is 9.10. The Morgan fingerprint density at radius 1 is 0.833 bits per heavy atom. The first-order valence-corrected chi connectivity index (χ1v) is 15.6. The minimum absolute atomic E-state index is 0.0441. The van der Waals surface area contributed by atoms with Crippen molar-refractivity contribution >= 4 is 44.0 Å². The summed E-state index contributed by atoms with van der Waals surface area (Å²) in [6.45, 7) is 4.34. The first-order chi connectivity index (χ1) is 17.5. The van der Waals surface area contributed by atoms with Gasteiger partial charge in [0.1, 0.15) is 4.87 Å². The second-order valence-electron chi connectivity index (χ2n) is 9.95. The van der Waals surface area contributed by atoms with Crippen molar-refractivity contribution in [2.45, 2.75) is 87.4 Å². The summed E-state index contributed by atoms with van der Waals surface area (Å²) in [4.78, 5) is 2.82. The molecule has 1 aliphatic heterocycles. The van der Waals surface area contributed by atoms with Gasteiger partial charge in [-0.3, -0.25) is 4.21 Å². The number of aryl methyl sites for hydroxylation is 1. The molecule has 0 radical (unpaired) electrons. The van der Waals surface area contributed by atoms with Gasteiger partial charge in [0.15, 0.2) is 0 Å².